The molecule has 0 fully saturated rings. The summed E-state index contributed by atoms with van der Waals surface area (Å²) in [4.78, 5) is 22.1. The van der Waals surface area contributed by atoms with Crippen molar-refractivity contribution in [1.29, 1.82) is 0 Å². The van der Waals surface area contributed by atoms with Crippen LogP contribution >= 0.6 is 0 Å². The number of aliphatic carboxylic acids is 2. The second-order valence-electron chi connectivity index (χ2n) is 9.90. The Kier molecular flexibility index (Phi) is 7.74. The van der Waals surface area contributed by atoms with Crippen LogP contribution in [-0.4, -0.2) is 35.4 Å². The van der Waals surface area contributed by atoms with Crippen LogP contribution in [0.25, 0.3) is 11.1 Å². The van der Waals surface area contributed by atoms with Gasteiger partial charge < -0.3 is 19.7 Å². The van der Waals surface area contributed by atoms with Crippen molar-refractivity contribution in [3.05, 3.63) is 144 Å². The van der Waals surface area contributed by atoms with Gasteiger partial charge in [-0.2, -0.15) is 0 Å². The van der Waals surface area contributed by atoms with Gasteiger partial charge in [-0.1, -0.05) is 86.0 Å². The first-order valence-corrected chi connectivity index (χ1v) is 13.3. The first-order valence-electron chi connectivity index (χ1n) is 13.3. The van der Waals surface area contributed by atoms with E-state index in [1.54, 1.807) is 0 Å². The van der Waals surface area contributed by atoms with Crippen molar-refractivity contribution in [2.75, 3.05) is 13.2 Å². The van der Waals surface area contributed by atoms with Crippen LogP contribution in [-0.2, 0) is 15.0 Å². The minimum absolute atomic E-state index is 0.110. The number of carbonyl (C=O) groups is 2. The number of hydrogen-bond donors (Lipinski definition) is 2. The van der Waals surface area contributed by atoms with Crippen molar-refractivity contribution >= 4 is 11.9 Å². The zero-order valence-corrected chi connectivity index (χ0v) is 22.5. The average Bonchev–Trinajstić information content (AvgIpc) is 3.29. The lowest BCUT2D eigenvalue weighted by atomic mass is 9.68. The van der Waals surface area contributed by atoms with Gasteiger partial charge in [-0.25, -0.2) is 9.59 Å². The molecule has 1 aliphatic rings. The molecule has 4 aromatic carbocycles. The van der Waals surface area contributed by atoms with Crippen LogP contribution in [0, 0.1) is 0 Å². The molecule has 0 unspecified atom stereocenters. The maximum Gasteiger partial charge on any atom is 0.331 e. The molecular formula is C35H30O6. The Morgan fingerprint density at radius 3 is 1.32 bits per heavy atom. The molecule has 0 bridgehead atoms. The minimum atomic E-state index is -1.02. The predicted molar refractivity (Wildman–Crippen MR) is 158 cm³/mol. The smallest absolute Gasteiger partial charge is 0.331 e. The Balaban J connectivity index is 1.52. The largest absolute Gasteiger partial charge is 0.493 e. The van der Waals surface area contributed by atoms with E-state index in [1.807, 2.05) is 24.3 Å². The summed E-state index contributed by atoms with van der Waals surface area (Å²) in [5.41, 5.74) is 6.41. The van der Waals surface area contributed by atoms with Gasteiger partial charge in [-0.15, -0.1) is 0 Å². The van der Waals surface area contributed by atoms with E-state index >= 15 is 0 Å². The van der Waals surface area contributed by atoms with Crippen LogP contribution in [0.3, 0.4) is 0 Å². The van der Waals surface area contributed by atoms with Gasteiger partial charge in [0.2, 0.25) is 0 Å². The van der Waals surface area contributed by atoms with Gasteiger partial charge in [-0.05, 0) is 57.6 Å². The van der Waals surface area contributed by atoms with Crippen LogP contribution < -0.4 is 9.47 Å². The van der Waals surface area contributed by atoms with Crippen LogP contribution in [0.15, 0.2) is 121 Å². The molecule has 0 saturated carbocycles. The molecule has 4 aromatic rings. The van der Waals surface area contributed by atoms with Crippen molar-refractivity contribution in [3.8, 4) is 22.6 Å². The fourth-order valence-corrected chi connectivity index (χ4v) is 5.42. The normalized spacial score (nSPS) is 12.6. The van der Waals surface area contributed by atoms with Crippen LogP contribution in [0.4, 0.5) is 0 Å². The molecule has 0 heterocycles. The van der Waals surface area contributed by atoms with Crippen molar-refractivity contribution in [1.82, 2.24) is 0 Å². The highest BCUT2D eigenvalue weighted by Crippen LogP contribution is 2.56. The molecule has 5 rings (SSSR count). The Morgan fingerprint density at radius 1 is 0.585 bits per heavy atom. The molecule has 6 heteroatoms. The molecule has 0 amide bonds. The van der Waals surface area contributed by atoms with E-state index in [0.717, 1.165) is 11.1 Å². The van der Waals surface area contributed by atoms with E-state index in [9.17, 15) is 9.59 Å². The van der Waals surface area contributed by atoms with E-state index in [2.05, 4.69) is 86.0 Å². The first kappa shape index (κ1) is 27.5. The fraction of sp³-hybridized carbons (Fsp3) is 0.143. The molecule has 206 valence electrons. The molecule has 0 radical (unpaired) electrons. The summed E-state index contributed by atoms with van der Waals surface area (Å²) < 4.78 is 11.6. The molecule has 0 spiro atoms. The molecule has 0 saturated heterocycles. The Labute approximate surface area is 238 Å². The van der Waals surface area contributed by atoms with Crippen molar-refractivity contribution < 1.29 is 29.3 Å². The standard InChI is InChI=1S/C35H30O6/c1-23(33(36)37)19-21-40-27-15-11-25(12-16-27)35(26-13-17-28(18-14-26)41-22-20-24(2)34(38)39)31-9-5-3-7-29(31)30-8-4-6-10-32(30)35/h3-18H,1-2,19-22H2,(H,36,37)(H,38,39). The molecule has 0 atom stereocenters. The third-order valence-electron chi connectivity index (χ3n) is 7.48. The van der Waals surface area contributed by atoms with Gasteiger partial charge in [0.05, 0.1) is 18.6 Å². The maximum atomic E-state index is 11.0. The average molecular weight is 547 g/mol. The number of fused-ring (bicyclic) bond motifs is 3. The van der Waals surface area contributed by atoms with Crippen LogP contribution in [0.1, 0.15) is 35.1 Å². The SMILES string of the molecule is C=C(CCOc1ccc(C2(c3ccc(OCCC(=C)C(=O)O)cc3)c3ccccc3-c3ccccc32)cc1)C(=O)O. The number of ether oxygens (including phenoxy) is 2. The monoisotopic (exact) mass is 546 g/mol. The lowest BCUT2D eigenvalue weighted by molar-refractivity contribution is -0.133. The summed E-state index contributed by atoms with van der Waals surface area (Å²) in [7, 11) is 0. The first-order chi connectivity index (χ1) is 19.8. The summed E-state index contributed by atoms with van der Waals surface area (Å²) in [6.45, 7) is 7.57. The number of benzene rings is 4. The van der Waals surface area contributed by atoms with Crippen molar-refractivity contribution in [2.45, 2.75) is 18.3 Å². The van der Waals surface area contributed by atoms with E-state index in [-0.39, 0.29) is 37.2 Å². The number of carboxylic acids is 2. The highest BCUT2D eigenvalue weighted by Gasteiger charge is 2.45. The lowest BCUT2D eigenvalue weighted by Gasteiger charge is -2.34. The second-order valence-corrected chi connectivity index (χ2v) is 9.90. The Bertz CT molecular complexity index is 1490. The summed E-state index contributed by atoms with van der Waals surface area (Å²) in [6, 6.07) is 32.7. The number of carboxylic acid groups (broad SMARTS) is 2. The topological polar surface area (TPSA) is 93.1 Å². The van der Waals surface area contributed by atoms with Gasteiger partial charge >= 0.3 is 11.9 Å². The van der Waals surface area contributed by atoms with Crippen molar-refractivity contribution in [2.24, 2.45) is 0 Å². The molecular weight excluding hydrogens is 516 g/mol. The zero-order valence-electron chi connectivity index (χ0n) is 22.5. The Morgan fingerprint density at radius 2 is 0.951 bits per heavy atom. The van der Waals surface area contributed by atoms with Crippen LogP contribution in [0.5, 0.6) is 11.5 Å². The summed E-state index contributed by atoms with van der Waals surface area (Å²) in [5.74, 6) is -0.750. The third-order valence-corrected chi connectivity index (χ3v) is 7.48. The highest BCUT2D eigenvalue weighted by atomic mass is 16.5. The van der Waals surface area contributed by atoms with Gasteiger partial charge in [0.15, 0.2) is 0 Å². The second kappa shape index (κ2) is 11.6. The predicted octanol–water partition coefficient (Wildman–Crippen LogP) is 6.87. The Hall–Kier alpha value is -5.10. The van der Waals surface area contributed by atoms with Crippen LogP contribution in [0.2, 0.25) is 0 Å². The maximum absolute atomic E-state index is 11.0. The third kappa shape index (κ3) is 5.24. The fourth-order valence-electron chi connectivity index (χ4n) is 5.42. The molecule has 0 aromatic heterocycles. The van der Waals surface area contributed by atoms with E-state index in [1.165, 1.54) is 22.3 Å². The van der Waals surface area contributed by atoms with E-state index in [0.29, 0.717) is 11.5 Å². The molecule has 0 aliphatic heterocycles. The summed E-state index contributed by atoms with van der Waals surface area (Å²) in [6.07, 6.45) is 0.473. The molecule has 2 N–H and O–H groups in total. The summed E-state index contributed by atoms with van der Waals surface area (Å²) in [5, 5.41) is 18.1. The van der Waals surface area contributed by atoms with Gasteiger partial charge in [0, 0.05) is 24.0 Å². The zero-order chi connectivity index (χ0) is 29.0. The minimum Gasteiger partial charge on any atom is -0.493 e. The lowest BCUT2D eigenvalue weighted by Crippen LogP contribution is -2.28. The van der Waals surface area contributed by atoms with Gasteiger partial charge in [0.25, 0.3) is 0 Å². The highest BCUT2D eigenvalue weighted by molar-refractivity contribution is 5.87. The van der Waals surface area contributed by atoms with Crippen molar-refractivity contribution in [3.63, 3.8) is 0 Å². The quantitative estimate of drug-likeness (QED) is 0.166. The van der Waals surface area contributed by atoms with E-state index in [4.69, 9.17) is 19.7 Å². The van der Waals surface area contributed by atoms with Gasteiger partial charge in [0.1, 0.15) is 11.5 Å². The number of hydrogen-bond acceptors (Lipinski definition) is 4. The molecule has 1 aliphatic carbocycles. The molecule has 41 heavy (non-hydrogen) atoms. The van der Waals surface area contributed by atoms with Gasteiger partial charge in [-0.3, -0.25) is 0 Å². The molecule has 6 nitrogen and oxygen atoms in total. The summed E-state index contributed by atoms with van der Waals surface area (Å²) >= 11 is 0. The van der Waals surface area contributed by atoms with E-state index < -0.39 is 17.4 Å². The number of rotatable bonds is 12.